The first-order valence-electron chi connectivity index (χ1n) is 6.55. The van der Waals surface area contributed by atoms with Crippen molar-refractivity contribution in [2.24, 2.45) is 0 Å². The molecule has 98 valence electrons. The van der Waals surface area contributed by atoms with E-state index >= 15 is 0 Å². The van der Waals surface area contributed by atoms with Gasteiger partial charge in [-0.05, 0) is 54.3 Å². The average Bonchev–Trinajstić information content (AvgIpc) is 2.46. The van der Waals surface area contributed by atoms with Gasteiger partial charge in [0, 0.05) is 17.3 Å². The summed E-state index contributed by atoms with van der Waals surface area (Å²) in [5, 5.41) is 4.16. The minimum atomic E-state index is 0.580. The number of hydrogen-bond donors (Lipinski definition) is 1. The number of nitrogens with one attached hydrogen (secondary N) is 1. The van der Waals surface area contributed by atoms with Crippen LogP contribution < -0.4 is 10.1 Å². The SMILES string of the molecule is Clc1ccc(OCc2ccc3c(c2)NCCC3)cc1. The number of hydrogen-bond acceptors (Lipinski definition) is 2. The van der Waals surface area contributed by atoms with Gasteiger partial charge in [-0.25, -0.2) is 0 Å². The first-order chi connectivity index (χ1) is 9.31. The van der Waals surface area contributed by atoms with E-state index in [1.165, 1.54) is 29.7 Å². The third kappa shape index (κ3) is 3.02. The van der Waals surface area contributed by atoms with Crippen molar-refractivity contribution in [2.45, 2.75) is 19.4 Å². The van der Waals surface area contributed by atoms with Gasteiger partial charge in [0.15, 0.2) is 0 Å². The standard InChI is InChI=1S/C16H16ClNO/c17-14-5-7-15(8-6-14)19-11-12-3-4-13-2-1-9-18-16(13)10-12/h3-8,10,18H,1-2,9,11H2. The molecule has 0 unspecified atom stereocenters. The first-order valence-corrected chi connectivity index (χ1v) is 6.93. The molecule has 0 atom stereocenters. The fourth-order valence-electron chi connectivity index (χ4n) is 2.30. The van der Waals surface area contributed by atoms with Crippen molar-refractivity contribution in [1.29, 1.82) is 0 Å². The maximum Gasteiger partial charge on any atom is 0.119 e. The Morgan fingerprint density at radius 1 is 1.11 bits per heavy atom. The molecule has 0 fully saturated rings. The van der Waals surface area contributed by atoms with Crippen molar-refractivity contribution in [3.63, 3.8) is 0 Å². The highest BCUT2D eigenvalue weighted by atomic mass is 35.5. The van der Waals surface area contributed by atoms with E-state index in [-0.39, 0.29) is 0 Å². The summed E-state index contributed by atoms with van der Waals surface area (Å²) in [7, 11) is 0. The van der Waals surface area contributed by atoms with Gasteiger partial charge in [-0.1, -0.05) is 23.7 Å². The van der Waals surface area contributed by atoms with Crippen molar-refractivity contribution < 1.29 is 4.74 Å². The minimum absolute atomic E-state index is 0.580. The summed E-state index contributed by atoms with van der Waals surface area (Å²) < 4.78 is 5.75. The summed E-state index contributed by atoms with van der Waals surface area (Å²) in [5.41, 5.74) is 3.84. The number of aryl methyl sites for hydroxylation is 1. The van der Waals surface area contributed by atoms with E-state index in [1.54, 1.807) is 0 Å². The smallest absolute Gasteiger partial charge is 0.119 e. The molecule has 0 amide bonds. The van der Waals surface area contributed by atoms with Crippen LogP contribution in [0.25, 0.3) is 0 Å². The molecule has 2 aromatic rings. The van der Waals surface area contributed by atoms with E-state index in [2.05, 4.69) is 23.5 Å². The van der Waals surface area contributed by atoms with Crippen molar-refractivity contribution in [3.05, 3.63) is 58.6 Å². The highest BCUT2D eigenvalue weighted by Gasteiger charge is 2.08. The highest BCUT2D eigenvalue weighted by molar-refractivity contribution is 6.30. The van der Waals surface area contributed by atoms with Crippen LogP contribution >= 0.6 is 11.6 Å². The number of benzene rings is 2. The monoisotopic (exact) mass is 273 g/mol. The first kappa shape index (κ1) is 12.4. The molecule has 1 N–H and O–H groups in total. The Kier molecular flexibility index (Phi) is 3.60. The summed E-state index contributed by atoms with van der Waals surface area (Å²) in [5.74, 6) is 0.843. The molecule has 0 aliphatic carbocycles. The maximum atomic E-state index is 5.84. The molecule has 19 heavy (non-hydrogen) atoms. The van der Waals surface area contributed by atoms with Gasteiger partial charge in [0.25, 0.3) is 0 Å². The number of fused-ring (bicyclic) bond motifs is 1. The second-order valence-corrected chi connectivity index (χ2v) is 5.20. The predicted octanol–water partition coefficient (Wildman–Crippen LogP) is 4.28. The number of anilines is 1. The normalized spacial score (nSPS) is 13.5. The molecular formula is C16H16ClNO. The Labute approximate surface area is 118 Å². The van der Waals surface area contributed by atoms with Crippen LogP contribution in [0.4, 0.5) is 5.69 Å². The van der Waals surface area contributed by atoms with Crippen molar-refractivity contribution >= 4 is 17.3 Å². The highest BCUT2D eigenvalue weighted by Crippen LogP contribution is 2.24. The molecule has 3 rings (SSSR count). The van der Waals surface area contributed by atoms with E-state index in [9.17, 15) is 0 Å². The van der Waals surface area contributed by atoms with E-state index in [1.807, 2.05) is 24.3 Å². The summed E-state index contributed by atoms with van der Waals surface area (Å²) in [4.78, 5) is 0. The van der Waals surface area contributed by atoms with Gasteiger partial charge in [-0.2, -0.15) is 0 Å². The Hall–Kier alpha value is -1.67. The maximum absolute atomic E-state index is 5.84. The zero-order valence-corrected chi connectivity index (χ0v) is 11.4. The van der Waals surface area contributed by atoms with Crippen LogP contribution in [-0.2, 0) is 13.0 Å². The summed E-state index contributed by atoms with van der Waals surface area (Å²) in [6.45, 7) is 1.64. The molecule has 2 aromatic carbocycles. The number of ether oxygens (including phenoxy) is 1. The van der Waals surface area contributed by atoms with E-state index < -0.39 is 0 Å². The molecule has 0 saturated carbocycles. The van der Waals surface area contributed by atoms with Gasteiger partial charge in [-0.3, -0.25) is 0 Å². The lowest BCUT2D eigenvalue weighted by atomic mass is 10.0. The lowest BCUT2D eigenvalue weighted by Gasteiger charge is -2.18. The molecule has 1 heterocycles. The van der Waals surface area contributed by atoms with Crippen LogP contribution in [-0.4, -0.2) is 6.54 Å². The molecule has 3 heteroatoms. The zero-order valence-electron chi connectivity index (χ0n) is 10.7. The fraction of sp³-hybridized carbons (Fsp3) is 0.250. The molecule has 0 radical (unpaired) electrons. The Morgan fingerprint density at radius 2 is 1.95 bits per heavy atom. The van der Waals surface area contributed by atoms with Gasteiger partial charge >= 0.3 is 0 Å². The topological polar surface area (TPSA) is 21.3 Å². The Morgan fingerprint density at radius 3 is 2.79 bits per heavy atom. The largest absolute Gasteiger partial charge is 0.489 e. The molecule has 1 aliphatic rings. The predicted molar refractivity (Wildman–Crippen MR) is 79.0 cm³/mol. The van der Waals surface area contributed by atoms with E-state index in [4.69, 9.17) is 16.3 Å². The van der Waals surface area contributed by atoms with Gasteiger partial charge in [0.1, 0.15) is 12.4 Å². The number of rotatable bonds is 3. The zero-order chi connectivity index (χ0) is 13.1. The van der Waals surface area contributed by atoms with Crippen molar-refractivity contribution in [2.75, 3.05) is 11.9 Å². The van der Waals surface area contributed by atoms with Gasteiger partial charge in [0.05, 0.1) is 0 Å². The third-order valence-electron chi connectivity index (χ3n) is 3.33. The molecule has 0 spiro atoms. The Balaban J connectivity index is 1.68. The van der Waals surface area contributed by atoms with Crippen LogP contribution in [0.3, 0.4) is 0 Å². The molecule has 1 aliphatic heterocycles. The summed E-state index contributed by atoms with van der Waals surface area (Å²) in [6.07, 6.45) is 2.38. The summed E-state index contributed by atoms with van der Waals surface area (Å²) in [6, 6.07) is 14.0. The van der Waals surface area contributed by atoms with Gasteiger partial charge in [0.2, 0.25) is 0 Å². The molecule has 0 aromatic heterocycles. The molecular weight excluding hydrogens is 258 g/mol. The van der Waals surface area contributed by atoms with Crippen LogP contribution in [0.1, 0.15) is 17.5 Å². The number of halogens is 1. The van der Waals surface area contributed by atoms with Crippen LogP contribution in [0.2, 0.25) is 5.02 Å². The molecule has 2 nitrogen and oxygen atoms in total. The van der Waals surface area contributed by atoms with Crippen molar-refractivity contribution in [3.8, 4) is 5.75 Å². The molecule has 0 bridgehead atoms. The van der Waals surface area contributed by atoms with E-state index in [0.29, 0.717) is 6.61 Å². The second-order valence-electron chi connectivity index (χ2n) is 4.76. The van der Waals surface area contributed by atoms with Crippen LogP contribution in [0.15, 0.2) is 42.5 Å². The van der Waals surface area contributed by atoms with Crippen LogP contribution in [0.5, 0.6) is 5.75 Å². The average molecular weight is 274 g/mol. The van der Waals surface area contributed by atoms with Crippen LogP contribution in [0, 0.1) is 0 Å². The van der Waals surface area contributed by atoms with Crippen molar-refractivity contribution in [1.82, 2.24) is 0 Å². The van der Waals surface area contributed by atoms with Gasteiger partial charge in [-0.15, -0.1) is 0 Å². The van der Waals surface area contributed by atoms with Gasteiger partial charge < -0.3 is 10.1 Å². The fourth-order valence-corrected chi connectivity index (χ4v) is 2.42. The summed E-state index contributed by atoms with van der Waals surface area (Å²) >= 11 is 5.84. The quantitative estimate of drug-likeness (QED) is 0.901. The minimum Gasteiger partial charge on any atom is -0.489 e. The third-order valence-corrected chi connectivity index (χ3v) is 3.58. The van der Waals surface area contributed by atoms with E-state index in [0.717, 1.165) is 17.3 Å². The Bertz CT molecular complexity index is 565. The molecule has 0 saturated heterocycles. The lowest BCUT2D eigenvalue weighted by molar-refractivity contribution is 0.306. The lowest BCUT2D eigenvalue weighted by Crippen LogP contribution is -2.12. The second kappa shape index (κ2) is 5.54.